The lowest BCUT2D eigenvalue weighted by atomic mass is 9.95. The molecule has 0 spiro atoms. The standard InChI is InChI=1S/C26H26F2N4O2.CH4/c1-17-15-31(16-29-17)24-6-5-18(11-25(24)33-2)10-19-4-3-8-32-23(7-9-34-30-26(19)32)20-12-21(27)14-22(28)13-20;/h5-6,10-16,23H,3-4,7-9H2,1-2H3;1H4/b19-10+;. The molecule has 1 unspecified atom stereocenters. The Balaban J connectivity index is 0.00000289. The van der Waals surface area contributed by atoms with Crippen LogP contribution in [0.15, 0.2) is 59.7 Å². The number of rotatable bonds is 4. The second-order valence-corrected chi connectivity index (χ2v) is 8.58. The number of ether oxygens (including phenoxy) is 1. The molecule has 1 fully saturated rings. The molecule has 2 aliphatic rings. The van der Waals surface area contributed by atoms with Crippen molar-refractivity contribution in [3.63, 3.8) is 0 Å². The minimum absolute atomic E-state index is 0. The zero-order valence-electron chi connectivity index (χ0n) is 19.2. The van der Waals surface area contributed by atoms with Gasteiger partial charge in [-0.25, -0.2) is 13.8 Å². The van der Waals surface area contributed by atoms with Gasteiger partial charge in [0.05, 0.1) is 30.9 Å². The van der Waals surface area contributed by atoms with Gasteiger partial charge in [0, 0.05) is 25.2 Å². The molecule has 0 bridgehead atoms. The molecule has 35 heavy (non-hydrogen) atoms. The predicted octanol–water partition coefficient (Wildman–Crippen LogP) is 6.06. The van der Waals surface area contributed by atoms with Crippen molar-refractivity contribution in [3.8, 4) is 11.4 Å². The molecule has 6 nitrogen and oxygen atoms in total. The number of hydrogen-bond donors (Lipinski definition) is 0. The van der Waals surface area contributed by atoms with Crippen LogP contribution in [-0.4, -0.2) is 40.5 Å². The molecule has 8 heteroatoms. The van der Waals surface area contributed by atoms with E-state index in [9.17, 15) is 8.78 Å². The topological polar surface area (TPSA) is 51.9 Å². The Hall–Kier alpha value is -3.68. The first-order chi connectivity index (χ1) is 16.5. The molecule has 1 atom stereocenters. The number of amidine groups is 1. The van der Waals surface area contributed by atoms with E-state index in [2.05, 4.69) is 21.1 Å². The number of hydrogen-bond acceptors (Lipinski definition) is 5. The SMILES string of the molecule is C.COc1cc(/C=C2\CCCN3C2=NOCCC3c2cc(F)cc(F)c2)ccc1-n1cnc(C)c1. The van der Waals surface area contributed by atoms with Crippen molar-refractivity contribution >= 4 is 11.9 Å². The lowest BCUT2D eigenvalue weighted by Crippen LogP contribution is -2.39. The van der Waals surface area contributed by atoms with Crippen LogP contribution in [0, 0.1) is 18.6 Å². The Bertz CT molecular complexity index is 1250. The number of imidazole rings is 1. The van der Waals surface area contributed by atoms with Crippen LogP contribution in [0.3, 0.4) is 0 Å². The molecule has 2 aromatic carbocycles. The molecular formula is C27H30F2N4O2. The minimum Gasteiger partial charge on any atom is -0.495 e. The zero-order valence-corrected chi connectivity index (χ0v) is 19.2. The minimum atomic E-state index is -0.577. The van der Waals surface area contributed by atoms with E-state index in [1.165, 1.54) is 12.1 Å². The molecule has 3 aromatic rings. The molecule has 184 valence electrons. The summed E-state index contributed by atoms with van der Waals surface area (Å²) < 4.78 is 35.5. The second-order valence-electron chi connectivity index (χ2n) is 8.58. The molecule has 5 rings (SSSR count). The number of fused-ring (bicyclic) bond motifs is 1. The van der Waals surface area contributed by atoms with Gasteiger partial charge in [-0.05, 0) is 66.8 Å². The summed E-state index contributed by atoms with van der Waals surface area (Å²) in [5.74, 6) is 0.289. The predicted molar refractivity (Wildman–Crippen MR) is 133 cm³/mol. The van der Waals surface area contributed by atoms with E-state index in [0.717, 1.165) is 53.7 Å². The first-order valence-electron chi connectivity index (χ1n) is 11.3. The van der Waals surface area contributed by atoms with Crippen LogP contribution < -0.4 is 4.74 Å². The number of aromatic nitrogens is 2. The zero-order chi connectivity index (χ0) is 23.7. The van der Waals surface area contributed by atoms with Gasteiger partial charge >= 0.3 is 0 Å². The number of halogens is 2. The fraction of sp³-hybridized carbons (Fsp3) is 0.333. The van der Waals surface area contributed by atoms with Gasteiger partial charge < -0.3 is 19.0 Å². The summed E-state index contributed by atoms with van der Waals surface area (Å²) in [6.07, 6.45) is 8.11. The Labute approximate surface area is 204 Å². The maximum absolute atomic E-state index is 14.0. The van der Waals surface area contributed by atoms with Crippen LogP contribution in [0.2, 0.25) is 0 Å². The lowest BCUT2D eigenvalue weighted by molar-refractivity contribution is 0.140. The largest absolute Gasteiger partial charge is 0.495 e. The summed E-state index contributed by atoms with van der Waals surface area (Å²) in [6, 6.07) is 9.49. The lowest BCUT2D eigenvalue weighted by Gasteiger charge is -2.36. The molecule has 1 saturated heterocycles. The van der Waals surface area contributed by atoms with Gasteiger partial charge in [-0.15, -0.1) is 0 Å². The van der Waals surface area contributed by atoms with Crippen molar-refractivity contribution in [3.05, 3.63) is 83.0 Å². The Morgan fingerprint density at radius 1 is 1.14 bits per heavy atom. The smallest absolute Gasteiger partial charge is 0.171 e. The van der Waals surface area contributed by atoms with E-state index in [1.54, 1.807) is 13.4 Å². The highest BCUT2D eigenvalue weighted by atomic mass is 19.1. The summed E-state index contributed by atoms with van der Waals surface area (Å²) in [4.78, 5) is 12.0. The van der Waals surface area contributed by atoms with Gasteiger partial charge in [0.2, 0.25) is 0 Å². The van der Waals surface area contributed by atoms with Gasteiger partial charge in [0.15, 0.2) is 5.84 Å². The van der Waals surface area contributed by atoms with E-state index in [-0.39, 0.29) is 13.5 Å². The second kappa shape index (κ2) is 10.3. The van der Waals surface area contributed by atoms with Crippen LogP contribution in [-0.2, 0) is 4.84 Å². The van der Waals surface area contributed by atoms with Crippen LogP contribution in [0.5, 0.6) is 5.75 Å². The normalized spacial score (nSPS) is 18.7. The van der Waals surface area contributed by atoms with Crippen molar-refractivity contribution in [2.24, 2.45) is 5.16 Å². The van der Waals surface area contributed by atoms with Crippen molar-refractivity contribution in [2.45, 2.75) is 39.7 Å². The Morgan fingerprint density at radius 3 is 2.66 bits per heavy atom. The van der Waals surface area contributed by atoms with E-state index < -0.39 is 11.6 Å². The van der Waals surface area contributed by atoms with Gasteiger partial charge in [0.25, 0.3) is 0 Å². The van der Waals surface area contributed by atoms with Crippen LogP contribution in [0.1, 0.15) is 49.6 Å². The number of benzene rings is 2. The number of aryl methyl sites for hydroxylation is 1. The maximum atomic E-state index is 14.0. The molecule has 1 aromatic heterocycles. The van der Waals surface area contributed by atoms with E-state index in [4.69, 9.17) is 9.57 Å². The number of oxime groups is 1. The van der Waals surface area contributed by atoms with E-state index >= 15 is 0 Å². The van der Waals surface area contributed by atoms with Gasteiger partial charge in [-0.1, -0.05) is 18.6 Å². The molecule has 0 radical (unpaired) electrons. The van der Waals surface area contributed by atoms with Crippen LogP contribution in [0.4, 0.5) is 8.78 Å². The van der Waals surface area contributed by atoms with E-state index in [0.29, 0.717) is 24.4 Å². The molecule has 3 heterocycles. The van der Waals surface area contributed by atoms with Crippen molar-refractivity contribution < 1.29 is 18.4 Å². The number of piperidine rings is 1. The Morgan fingerprint density at radius 2 is 1.94 bits per heavy atom. The average molecular weight is 481 g/mol. The fourth-order valence-corrected chi connectivity index (χ4v) is 4.69. The summed E-state index contributed by atoms with van der Waals surface area (Å²) in [5.41, 5.74) is 4.41. The Kier molecular flexibility index (Phi) is 7.19. The molecule has 0 saturated carbocycles. The van der Waals surface area contributed by atoms with Gasteiger partial charge in [-0.2, -0.15) is 0 Å². The van der Waals surface area contributed by atoms with Gasteiger partial charge in [-0.3, -0.25) is 0 Å². The molecule has 0 aliphatic carbocycles. The highest BCUT2D eigenvalue weighted by Gasteiger charge is 2.32. The third-order valence-corrected chi connectivity index (χ3v) is 6.22. The quantitative estimate of drug-likeness (QED) is 0.456. The van der Waals surface area contributed by atoms with Crippen molar-refractivity contribution in [1.29, 1.82) is 0 Å². The molecule has 0 N–H and O–H groups in total. The highest BCUT2D eigenvalue weighted by molar-refractivity contribution is 6.02. The first kappa shape index (κ1) is 24.4. The van der Waals surface area contributed by atoms with Gasteiger partial charge in [0.1, 0.15) is 24.0 Å². The third kappa shape index (κ3) is 5.06. The molecule has 2 aliphatic heterocycles. The van der Waals surface area contributed by atoms with E-state index in [1.807, 2.05) is 35.9 Å². The fourth-order valence-electron chi connectivity index (χ4n) is 4.69. The summed E-state index contributed by atoms with van der Waals surface area (Å²) >= 11 is 0. The number of methoxy groups -OCH3 is 1. The van der Waals surface area contributed by atoms with Crippen LogP contribution >= 0.6 is 0 Å². The third-order valence-electron chi connectivity index (χ3n) is 6.22. The summed E-state index contributed by atoms with van der Waals surface area (Å²) in [5, 5.41) is 4.40. The number of nitrogens with zero attached hydrogens (tertiary/aromatic N) is 4. The maximum Gasteiger partial charge on any atom is 0.171 e. The summed E-state index contributed by atoms with van der Waals surface area (Å²) in [6.45, 7) is 3.06. The van der Waals surface area contributed by atoms with Crippen molar-refractivity contribution in [2.75, 3.05) is 20.3 Å². The van der Waals surface area contributed by atoms with Crippen LogP contribution in [0.25, 0.3) is 11.8 Å². The molecule has 0 amide bonds. The first-order valence-corrected chi connectivity index (χ1v) is 11.3. The average Bonchev–Trinajstić information content (AvgIpc) is 3.12. The monoisotopic (exact) mass is 480 g/mol. The molecular weight excluding hydrogens is 450 g/mol. The van der Waals surface area contributed by atoms with Crippen molar-refractivity contribution in [1.82, 2.24) is 14.5 Å². The highest BCUT2D eigenvalue weighted by Crippen LogP contribution is 2.35. The summed E-state index contributed by atoms with van der Waals surface area (Å²) in [7, 11) is 1.65.